The fourth-order valence-corrected chi connectivity index (χ4v) is 7.07. The maximum Gasteiger partial charge on any atom is 0.321 e. The molecule has 0 radical (unpaired) electrons. The van der Waals surface area contributed by atoms with E-state index < -0.39 is 17.9 Å². The Labute approximate surface area is 258 Å². The minimum absolute atomic E-state index is 0.106. The molecule has 3 atom stereocenters. The maximum atomic E-state index is 13.2. The Kier molecular flexibility index (Phi) is 7.52. The standard InChI is InChI=1S/C34H36N4O7/c1-6-17-20(13-40)26-11-25-19(12-39)15(3)21(35-25)9-22-14(2)18(7-8-27(41)42)31(37-22)29-30(34(44)45-5)33(43)28-16(4)23(38-32(28)29)10-24(17)36-26/h9-12,14,18,30,35,38-40,43H,6-8,13H2,1-5H3,(H,41,42)/t14-,18-,30+/m0/s1. The van der Waals surface area contributed by atoms with Crippen molar-refractivity contribution >= 4 is 57.2 Å². The highest BCUT2D eigenvalue weighted by Gasteiger charge is 2.41. The first-order valence-electron chi connectivity index (χ1n) is 15.0. The summed E-state index contributed by atoms with van der Waals surface area (Å²) in [6, 6.07) is 5.54. The molecule has 1 aliphatic carbocycles. The number of carbonyl (C=O) groups excluding carboxylic acids is 1. The molecule has 0 saturated carbocycles. The zero-order chi connectivity index (χ0) is 32.3. The predicted molar refractivity (Wildman–Crippen MR) is 170 cm³/mol. The number of hydrogen-bond donors (Lipinski definition) is 6. The highest BCUT2D eigenvalue weighted by Crippen LogP contribution is 2.46. The van der Waals surface area contributed by atoms with Gasteiger partial charge < -0.3 is 35.1 Å². The van der Waals surface area contributed by atoms with Crippen molar-refractivity contribution in [3.63, 3.8) is 0 Å². The van der Waals surface area contributed by atoms with E-state index in [9.17, 15) is 30.0 Å². The number of aromatic nitrogens is 4. The summed E-state index contributed by atoms with van der Waals surface area (Å²) >= 11 is 0. The average molecular weight is 613 g/mol. The molecule has 0 amide bonds. The van der Waals surface area contributed by atoms with Crippen molar-refractivity contribution in [1.82, 2.24) is 19.9 Å². The van der Waals surface area contributed by atoms with Crippen LogP contribution < -0.4 is 10.4 Å². The lowest BCUT2D eigenvalue weighted by atomic mass is 9.84. The topological polar surface area (TPSA) is 182 Å². The van der Waals surface area contributed by atoms with Gasteiger partial charge in [-0.3, -0.25) is 14.6 Å². The van der Waals surface area contributed by atoms with Crippen LogP contribution in [0, 0.1) is 13.8 Å². The van der Waals surface area contributed by atoms with E-state index in [-0.39, 0.29) is 37.0 Å². The van der Waals surface area contributed by atoms with Crippen molar-refractivity contribution in [2.24, 2.45) is 0 Å². The number of aromatic amines is 2. The summed E-state index contributed by atoms with van der Waals surface area (Å²) in [7, 11) is 1.26. The van der Waals surface area contributed by atoms with Gasteiger partial charge in [0.1, 0.15) is 11.7 Å². The third kappa shape index (κ3) is 4.61. The zero-order valence-electron chi connectivity index (χ0n) is 25.8. The van der Waals surface area contributed by atoms with Gasteiger partial charge in [0.15, 0.2) is 0 Å². The molecule has 6 N–H and O–H groups in total. The number of carboxylic acids is 1. The highest BCUT2D eigenvalue weighted by atomic mass is 16.5. The second-order valence-electron chi connectivity index (χ2n) is 11.8. The number of nitrogens with zero attached hydrogens (tertiary/aromatic N) is 2. The first-order valence-corrected chi connectivity index (χ1v) is 15.0. The quantitative estimate of drug-likeness (QED) is 0.222. The number of esters is 1. The first kappa shape index (κ1) is 30.1. The molecule has 3 aromatic heterocycles. The van der Waals surface area contributed by atoms with Gasteiger partial charge in [0.2, 0.25) is 0 Å². The van der Waals surface area contributed by atoms with E-state index >= 15 is 0 Å². The van der Waals surface area contributed by atoms with Crippen molar-refractivity contribution in [3.05, 3.63) is 68.1 Å². The van der Waals surface area contributed by atoms with Gasteiger partial charge in [-0.2, -0.15) is 0 Å². The van der Waals surface area contributed by atoms with Gasteiger partial charge in [-0.05, 0) is 61.6 Å². The van der Waals surface area contributed by atoms with Crippen LogP contribution in [0.5, 0.6) is 0 Å². The van der Waals surface area contributed by atoms with Crippen LogP contribution in [0.1, 0.15) is 90.3 Å². The lowest BCUT2D eigenvalue weighted by Gasteiger charge is -2.19. The van der Waals surface area contributed by atoms with Gasteiger partial charge in [0.25, 0.3) is 0 Å². The number of rotatable bonds is 6. The van der Waals surface area contributed by atoms with Gasteiger partial charge in [-0.15, -0.1) is 0 Å². The molecule has 0 spiro atoms. The molecule has 0 aromatic carbocycles. The van der Waals surface area contributed by atoms with Gasteiger partial charge >= 0.3 is 11.9 Å². The molecule has 6 rings (SSSR count). The Balaban J connectivity index is 1.84. The lowest BCUT2D eigenvalue weighted by Crippen LogP contribution is -2.18. The number of aliphatic hydroxyl groups is 3. The number of nitrogens with one attached hydrogen (secondary N) is 2. The minimum Gasteiger partial charge on any atom is -0.515 e. The number of aryl methyl sites for hydroxylation is 2. The summed E-state index contributed by atoms with van der Waals surface area (Å²) in [5.41, 5.74) is 8.30. The molecule has 0 unspecified atom stereocenters. The second kappa shape index (κ2) is 11.2. The van der Waals surface area contributed by atoms with Crippen molar-refractivity contribution in [2.45, 2.75) is 64.7 Å². The number of H-pyrrole nitrogens is 2. The van der Waals surface area contributed by atoms with Crippen molar-refractivity contribution in [1.29, 1.82) is 0 Å². The summed E-state index contributed by atoms with van der Waals surface area (Å²) in [5.74, 6) is -3.50. The number of fused-ring (bicyclic) bond motifs is 8. The van der Waals surface area contributed by atoms with Crippen LogP contribution in [0.4, 0.5) is 0 Å². The number of aliphatic hydroxyl groups excluding tert-OH is 3. The van der Waals surface area contributed by atoms with Gasteiger partial charge in [-0.1, -0.05) is 13.8 Å². The molecule has 2 aliphatic heterocycles. The molecule has 5 heterocycles. The molecule has 11 nitrogen and oxygen atoms in total. The summed E-state index contributed by atoms with van der Waals surface area (Å²) in [5, 5.41) is 42.8. The van der Waals surface area contributed by atoms with Crippen LogP contribution in [-0.2, 0) is 14.3 Å². The molecule has 234 valence electrons. The van der Waals surface area contributed by atoms with E-state index in [4.69, 9.17) is 14.7 Å². The van der Waals surface area contributed by atoms with Gasteiger partial charge in [-0.25, -0.2) is 4.98 Å². The molecule has 11 heteroatoms. The maximum absolute atomic E-state index is 13.2. The Morgan fingerprint density at radius 2 is 1.71 bits per heavy atom. The normalized spacial score (nSPS) is 19.5. The lowest BCUT2D eigenvalue weighted by molar-refractivity contribution is -0.141. The molecule has 3 aromatic rings. The van der Waals surface area contributed by atoms with Crippen molar-refractivity contribution < 1.29 is 34.8 Å². The van der Waals surface area contributed by atoms with Crippen LogP contribution in [0.15, 0.2) is 18.2 Å². The Hall–Kier alpha value is -4.90. The summed E-state index contributed by atoms with van der Waals surface area (Å²) in [6.45, 7) is 7.43. The van der Waals surface area contributed by atoms with Crippen LogP contribution in [-0.4, -0.2) is 66.0 Å². The molecular weight excluding hydrogens is 576 g/mol. The van der Waals surface area contributed by atoms with E-state index in [1.807, 2.05) is 39.8 Å². The number of methoxy groups -OCH3 is 1. The van der Waals surface area contributed by atoms with Crippen LogP contribution in [0.25, 0.3) is 45.2 Å². The minimum atomic E-state index is -1.14. The molecule has 0 fully saturated rings. The van der Waals surface area contributed by atoms with Crippen LogP contribution in [0.2, 0.25) is 0 Å². The van der Waals surface area contributed by atoms with Crippen LogP contribution in [0.3, 0.4) is 0 Å². The van der Waals surface area contributed by atoms with Gasteiger partial charge in [0.05, 0.1) is 48.1 Å². The predicted octanol–water partition coefficient (Wildman–Crippen LogP) is 4.23. The molecular formula is C34H36N4O7. The zero-order valence-corrected chi connectivity index (χ0v) is 25.8. The first-order chi connectivity index (χ1) is 21.5. The Morgan fingerprint density at radius 3 is 2.36 bits per heavy atom. The monoisotopic (exact) mass is 612 g/mol. The smallest absolute Gasteiger partial charge is 0.321 e. The summed E-state index contributed by atoms with van der Waals surface area (Å²) < 4.78 is 5.14. The summed E-state index contributed by atoms with van der Waals surface area (Å²) in [4.78, 5) is 41.7. The average Bonchev–Trinajstić information content (AvgIpc) is 3.76. The van der Waals surface area contributed by atoms with E-state index in [0.717, 1.165) is 17.4 Å². The molecule has 45 heavy (non-hydrogen) atoms. The van der Waals surface area contributed by atoms with Crippen molar-refractivity contribution in [3.8, 4) is 0 Å². The highest BCUT2D eigenvalue weighted by molar-refractivity contribution is 5.97. The third-order valence-corrected chi connectivity index (χ3v) is 9.52. The van der Waals surface area contributed by atoms with Crippen LogP contribution >= 0.6 is 0 Å². The second-order valence-corrected chi connectivity index (χ2v) is 11.8. The number of carboxylic acid groups (broad SMARTS) is 1. The summed E-state index contributed by atoms with van der Waals surface area (Å²) in [6.07, 6.45) is 1.79. The fourth-order valence-electron chi connectivity index (χ4n) is 7.07. The number of aliphatic carboxylic acids is 1. The number of ether oxygens (including phenoxy) is 1. The molecule has 8 bridgehead atoms. The number of hydrogen-bond acceptors (Lipinski definition) is 8. The SMILES string of the molecule is CCC1=C(CO)c2cc3[nH]c(cc4nc(c5c6[nH]c(cc1n2)c(C)c6=C(O)[C@@H]5C(=O)OC)[C@@H](CCC(=O)O)[C@@H]4C)c(C)c3=CO. The number of allylic oxidation sites excluding steroid dienone is 1. The van der Waals surface area contributed by atoms with E-state index in [0.29, 0.717) is 78.4 Å². The Morgan fingerprint density at radius 1 is 1.02 bits per heavy atom. The molecule has 0 saturated heterocycles. The molecule has 3 aliphatic rings. The van der Waals surface area contributed by atoms with E-state index in [1.54, 1.807) is 6.07 Å². The van der Waals surface area contributed by atoms with Crippen molar-refractivity contribution in [2.75, 3.05) is 13.7 Å². The third-order valence-electron chi connectivity index (χ3n) is 9.52. The number of carbonyl (C=O) groups is 2. The van der Waals surface area contributed by atoms with E-state index in [1.165, 1.54) is 7.11 Å². The van der Waals surface area contributed by atoms with Gasteiger partial charge in [0, 0.05) is 56.6 Å². The largest absolute Gasteiger partial charge is 0.515 e. The Bertz CT molecular complexity index is 2100. The van der Waals surface area contributed by atoms with E-state index in [2.05, 4.69) is 9.97 Å². The fraction of sp³-hybridized carbons (Fsp3) is 0.353.